The molecule has 1 aromatic rings. The molecule has 0 bridgehead atoms. The molecule has 2 nitrogen and oxygen atoms in total. The van der Waals surface area contributed by atoms with E-state index < -0.39 is 0 Å². The van der Waals surface area contributed by atoms with Crippen molar-refractivity contribution in [3.8, 4) is 5.75 Å². The van der Waals surface area contributed by atoms with Crippen LogP contribution in [0.5, 0.6) is 5.75 Å². The van der Waals surface area contributed by atoms with E-state index in [0.29, 0.717) is 6.61 Å². The largest absolute Gasteiger partial charge is 0.491 e. The Morgan fingerprint density at radius 3 is 2.71 bits per heavy atom. The summed E-state index contributed by atoms with van der Waals surface area (Å²) in [6.45, 7) is 7.25. The molecule has 1 aromatic carbocycles. The van der Waals surface area contributed by atoms with Gasteiger partial charge in [-0.15, -0.1) is 6.58 Å². The molecule has 0 aromatic heterocycles. The predicted molar refractivity (Wildman–Crippen MR) is 69.4 cm³/mol. The molecule has 0 radical (unpaired) electrons. The predicted octanol–water partition coefficient (Wildman–Crippen LogP) is 3.36. The summed E-state index contributed by atoms with van der Waals surface area (Å²) >= 11 is 0. The van der Waals surface area contributed by atoms with Crippen LogP contribution in [-0.2, 0) is 11.2 Å². The molecular formula is C15H20O2. The summed E-state index contributed by atoms with van der Waals surface area (Å²) in [6, 6.07) is 8.34. The highest BCUT2D eigenvalue weighted by Crippen LogP contribution is 2.27. The molecule has 0 spiro atoms. The molecule has 2 heteroatoms. The van der Waals surface area contributed by atoms with E-state index in [4.69, 9.17) is 9.47 Å². The van der Waals surface area contributed by atoms with E-state index in [1.807, 2.05) is 18.2 Å². The van der Waals surface area contributed by atoms with E-state index in [9.17, 15) is 0 Å². The molecule has 92 valence electrons. The van der Waals surface area contributed by atoms with Crippen LogP contribution < -0.4 is 4.74 Å². The van der Waals surface area contributed by atoms with Gasteiger partial charge in [-0.25, -0.2) is 0 Å². The van der Waals surface area contributed by atoms with Crippen LogP contribution in [-0.4, -0.2) is 18.8 Å². The second kappa shape index (κ2) is 5.37. The minimum Gasteiger partial charge on any atom is -0.491 e. The van der Waals surface area contributed by atoms with E-state index in [2.05, 4.69) is 25.6 Å². The molecule has 0 N–H and O–H groups in total. The molecule has 1 aliphatic heterocycles. The first-order valence-corrected chi connectivity index (χ1v) is 6.18. The Kier molecular flexibility index (Phi) is 3.85. The Morgan fingerprint density at radius 1 is 1.41 bits per heavy atom. The fraction of sp³-hybridized carbons (Fsp3) is 0.467. The van der Waals surface area contributed by atoms with Crippen LogP contribution >= 0.6 is 0 Å². The fourth-order valence-corrected chi connectivity index (χ4v) is 1.65. The zero-order chi connectivity index (χ0) is 12.1. The first-order chi connectivity index (χ1) is 8.22. The number of hydrogen-bond acceptors (Lipinski definition) is 2. The summed E-state index contributed by atoms with van der Waals surface area (Å²) in [6.07, 6.45) is 5.31. The molecule has 2 rings (SSSR count). The lowest BCUT2D eigenvalue weighted by molar-refractivity contribution is 0.202. The highest BCUT2D eigenvalue weighted by Gasteiger charge is 2.40. The second-order valence-electron chi connectivity index (χ2n) is 4.85. The van der Waals surface area contributed by atoms with Crippen molar-refractivity contribution in [1.29, 1.82) is 0 Å². The number of ether oxygens (including phenoxy) is 2. The molecule has 0 saturated carbocycles. The van der Waals surface area contributed by atoms with Crippen molar-refractivity contribution in [3.63, 3.8) is 0 Å². The van der Waals surface area contributed by atoms with Crippen molar-refractivity contribution in [3.05, 3.63) is 42.5 Å². The number of rotatable bonds is 7. The number of aryl methyl sites for hydroxylation is 1. The Balaban J connectivity index is 1.78. The monoisotopic (exact) mass is 232 g/mol. The van der Waals surface area contributed by atoms with Crippen LogP contribution in [0.1, 0.15) is 25.3 Å². The minimum atomic E-state index is -0.0391. The number of epoxide rings is 1. The van der Waals surface area contributed by atoms with Crippen molar-refractivity contribution in [2.75, 3.05) is 13.2 Å². The topological polar surface area (TPSA) is 21.8 Å². The highest BCUT2D eigenvalue weighted by molar-refractivity contribution is 5.27. The molecule has 1 atom stereocenters. The fourth-order valence-electron chi connectivity index (χ4n) is 1.65. The third-order valence-electron chi connectivity index (χ3n) is 2.98. The smallest absolute Gasteiger partial charge is 0.123 e. The van der Waals surface area contributed by atoms with Crippen LogP contribution in [0.2, 0.25) is 0 Å². The molecule has 1 aliphatic rings. The van der Waals surface area contributed by atoms with Gasteiger partial charge in [0.15, 0.2) is 0 Å². The zero-order valence-electron chi connectivity index (χ0n) is 10.4. The van der Waals surface area contributed by atoms with Crippen molar-refractivity contribution in [1.82, 2.24) is 0 Å². The van der Waals surface area contributed by atoms with Crippen LogP contribution in [0.15, 0.2) is 36.9 Å². The van der Waals surface area contributed by atoms with Gasteiger partial charge in [0.2, 0.25) is 0 Å². The number of allylic oxidation sites excluding steroid dienone is 1. The van der Waals surface area contributed by atoms with Crippen molar-refractivity contribution >= 4 is 0 Å². The number of benzene rings is 1. The van der Waals surface area contributed by atoms with Gasteiger partial charge >= 0.3 is 0 Å². The molecule has 1 fully saturated rings. The lowest BCUT2D eigenvalue weighted by atomic mass is 10.1. The molecular weight excluding hydrogens is 212 g/mol. The standard InChI is InChI=1S/C15H20O2/c1-3-4-5-6-13-7-9-14(10-8-13)16-11-15(2)12-17-15/h3,7-10H,1,4-6,11-12H2,2H3. The summed E-state index contributed by atoms with van der Waals surface area (Å²) < 4.78 is 10.9. The van der Waals surface area contributed by atoms with Gasteiger partial charge in [0.05, 0.1) is 6.61 Å². The first-order valence-electron chi connectivity index (χ1n) is 6.18. The summed E-state index contributed by atoms with van der Waals surface area (Å²) in [5, 5.41) is 0. The molecule has 0 amide bonds. The maximum Gasteiger partial charge on any atom is 0.123 e. The quantitative estimate of drug-likeness (QED) is 0.408. The van der Waals surface area contributed by atoms with Crippen LogP contribution in [0, 0.1) is 0 Å². The minimum absolute atomic E-state index is 0.0391. The normalized spacial score (nSPS) is 22.2. The van der Waals surface area contributed by atoms with E-state index in [1.165, 1.54) is 5.56 Å². The average molecular weight is 232 g/mol. The summed E-state index contributed by atoms with van der Waals surface area (Å²) in [5.41, 5.74) is 1.32. The van der Waals surface area contributed by atoms with Gasteiger partial charge in [-0.3, -0.25) is 0 Å². The molecule has 17 heavy (non-hydrogen) atoms. The summed E-state index contributed by atoms with van der Waals surface area (Å²) in [4.78, 5) is 0. The maximum atomic E-state index is 5.67. The average Bonchev–Trinajstić information content (AvgIpc) is 3.07. The molecule has 1 saturated heterocycles. The van der Waals surface area contributed by atoms with Gasteiger partial charge < -0.3 is 9.47 Å². The van der Waals surface area contributed by atoms with Gasteiger partial charge in [-0.2, -0.15) is 0 Å². The van der Waals surface area contributed by atoms with Gasteiger partial charge in [0.25, 0.3) is 0 Å². The summed E-state index contributed by atoms with van der Waals surface area (Å²) in [5.74, 6) is 0.925. The van der Waals surface area contributed by atoms with E-state index in [-0.39, 0.29) is 5.60 Å². The van der Waals surface area contributed by atoms with Crippen molar-refractivity contribution in [2.45, 2.75) is 31.8 Å². The van der Waals surface area contributed by atoms with Crippen molar-refractivity contribution in [2.24, 2.45) is 0 Å². The summed E-state index contributed by atoms with van der Waals surface area (Å²) in [7, 11) is 0. The molecule has 0 aliphatic carbocycles. The van der Waals surface area contributed by atoms with Crippen LogP contribution in [0.3, 0.4) is 0 Å². The number of unbranched alkanes of at least 4 members (excludes halogenated alkanes) is 1. The van der Waals surface area contributed by atoms with Gasteiger partial charge in [-0.05, 0) is 43.9 Å². The maximum absolute atomic E-state index is 5.67. The van der Waals surface area contributed by atoms with Crippen molar-refractivity contribution < 1.29 is 9.47 Å². The van der Waals surface area contributed by atoms with Gasteiger partial charge in [-0.1, -0.05) is 18.2 Å². The second-order valence-corrected chi connectivity index (χ2v) is 4.85. The third kappa shape index (κ3) is 3.90. The Labute approximate surface area is 103 Å². The van der Waals surface area contributed by atoms with E-state index in [0.717, 1.165) is 31.6 Å². The van der Waals surface area contributed by atoms with Gasteiger partial charge in [0.1, 0.15) is 18.0 Å². The Bertz CT molecular complexity index is 363. The number of hydrogen-bond donors (Lipinski definition) is 0. The third-order valence-corrected chi connectivity index (χ3v) is 2.98. The Morgan fingerprint density at radius 2 is 2.12 bits per heavy atom. The Hall–Kier alpha value is -1.28. The lowest BCUT2D eigenvalue weighted by Crippen LogP contribution is -2.16. The lowest BCUT2D eigenvalue weighted by Gasteiger charge is -2.09. The highest BCUT2D eigenvalue weighted by atomic mass is 16.6. The molecule has 1 unspecified atom stereocenters. The zero-order valence-corrected chi connectivity index (χ0v) is 10.4. The van der Waals surface area contributed by atoms with Crippen LogP contribution in [0.4, 0.5) is 0 Å². The van der Waals surface area contributed by atoms with Crippen LogP contribution in [0.25, 0.3) is 0 Å². The first kappa shape index (κ1) is 12.2. The SMILES string of the molecule is C=CCCCc1ccc(OCC2(C)CO2)cc1. The van der Waals surface area contributed by atoms with Gasteiger partial charge in [0, 0.05) is 0 Å². The molecule has 1 heterocycles. The van der Waals surface area contributed by atoms with E-state index in [1.54, 1.807) is 0 Å². The van der Waals surface area contributed by atoms with E-state index >= 15 is 0 Å².